The van der Waals surface area contributed by atoms with Crippen LogP contribution in [-0.4, -0.2) is 34.7 Å². The average Bonchev–Trinajstić information content (AvgIpc) is 3.12. The molecule has 1 amide bonds. The molecule has 0 saturated carbocycles. The monoisotopic (exact) mass is 273 g/mol. The topological polar surface area (TPSA) is 56.2 Å². The number of benzene rings is 1. The van der Waals surface area contributed by atoms with Gasteiger partial charge in [-0.05, 0) is 25.0 Å². The highest BCUT2D eigenvalue weighted by Crippen LogP contribution is 2.12. The van der Waals surface area contributed by atoms with Crippen molar-refractivity contribution in [1.82, 2.24) is 14.9 Å². The van der Waals surface area contributed by atoms with E-state index in [2.05, 4.69) is 10.3 Å². The molecule has 3 rings (SSSR count). The first-order valence-corrected chi connectivity index (χ1v) is 7.11. The third-order valence-electron chi connectivity index (χ3n) is 3.66. The summed E-state index contributed by atoms with van der Waals surface area (Å²) in [5, 5.41) is 2.94. The zero-order valence-electron chi connectivity index (χ0n) is 11.4. The quantitative estimate of drug-likeness (QED) is 0.902. The third-order valence-corrected chi connectivity index (χ3v) is 3.66. The summed E-state index contributed by atoms with van der Waals surface area (Å²) in [4.78, 5) is 16.1. The lowest BCUT2D eigenvalue weighted by atomic mass is 10.2. The standard InChI is InChI=1S/C15H19N3O2/c19-15(16-10-12-4-3-9-20-12)7-8-18-11-17-13-5-1-2-6-14(13)18/h1-2,5-6,11-12H,3-4,7-10H2,(H,16,19). The molecule has 20 heavy (non-hydrogen) atoms. The Morgan fingerprint density at radius 2 is 2.35 bits per heavy atom. The fourth-order valence-corrected chi connectivity index (χ4v) is 2.53. The van der Waals surface area contributed by atoms with Crippen LogP contribution in [-0.2, 0) is 16.1 Å². The summed E-state index contributed by atoms with van der Waals surface area (Å²) < 4.78 is 7.50. The molecule has 1 aliphatic heterocycles. The number of aryl methyl sites for hydroxylation is 1. The smallest absolute Gasteiger partial charge is 0.221 e. The van der Waals surface area contributed by atoms with Gasteiger partial charge in [-0.1, -0.05) is 12.1 Å². The van der Waals surface area contributed by atoms with E-state index in [4.69, 9.17) is 4.74 Å². The van der Waals surface area contributed by atoms with Crippen LogP contribution in [0.1, 0.15) is 19.3 Å². The Balaban J connectivity index is 1.49. The number of ether oxygens (including phenoxy) is 1. The Hall–Kier alpha value is -1.88. The van der Waals surface area contributed by atoms with E-state index in [-0.39, 0.29) is 12.0 Å². The zero-order chi connectivity index (χ0) is 13.8. The van der Waals surface area contributed by atoms with Crippen molar-refractivity contribution in [3.05, 3.63) is 30.6 Å². The number of carbonyl (C=O) groups excluding carboxylic acids is 1. The van der Waals surface area contributed by atoms with Gasteiger partial charge in [0.2, 0.25) is 5.91 Å². The molecule has 1 aromatic carbocycles. The van der Waals surface area contributed by atoms with Gasteiger partial charge in [-0.25, -0.2) is 4.98 Å². The van der Waals surface area contributed by atoms with Gasteiger partial charge in [0.25, 0.3) is 0 Å². The minimum Gasteiger partial charge on any atom is -0.376 e. The molecule has 0 bridgehead atoms. The van der Waals surface area contributed by atoms with Crippen LogP contribution >= 0.6 is 0 Å². The average molecular weight is 273 g/mol. The van der Waals surface area contributed by atoms with Crippen molar-refractivity contribution < 1.29 is 9.53 Å². The molecule has 2 aromatic rings. The Morgan fingerprint density at radius 3 is 3.20 bits per heavy atom. The van der Waals surface area contributed by atoms with Crippen molar-refractivity contribution in [3.8, 4) is 0 Å². The van der Waals surface area contributed by atoms with Gasteiger partial charge in [0, 0.05) is 26.1 Å². The van der Waals surface area contributed by atoms with Crippen LogP contribution in [0.2, 0.25) is 0 Å². The van der Waals surface area contributed by atoms with Crippen LogP contribution in [0.5, 0.6) is 0 Å². The van der Waals surface area contributed by atoms with E-state index in [0.717, 1.165) is 30.5 Å². The normalized spacial score (nSPS) is 18.5. The van der Waals surface area contributed by atoms with Crippen molar-refractivity contribution in [2.45, 2.75) is 31.9 Å². The predicted molar refractivity (Wildman–Crippen MR) is 76.3 cm³/mol. The second kappa shape index (κ2) is 6.05. The van der Waals surface area contributed by atoms with Gasteiger partial charge in [-0.2, -0.15) is 0 Å². The molecular weight excluding hydrogens is 254 g/mol. The zero-order valence-corrected chi connectivity index (χ0v) is 11.4. The van der Waals surface area contributed by atoms with E-state index in [0.29, 0.717) is 19.5 Å². The molecular formula is C15H19N3O2. The molecule has 1 N–H and O–H groups in total. The molecule has 1 aromatic heterocycles. The first-order valence-electron chi connectivity index (χ1n) is 7.11. The van der Waals surface area contributed by atoms with Crippen molar-refractivity contribution in [3.63, 3.8) is 0 Å². The van der Waals surface area contributed by atoms with Gasteiger partial charge in [0.1, 0.15) is 0 Å². The number of nitrogens with zero attached hydrogens (tertiary/aromatic N) is 2. The van der Waals surface area contributed by atoms with Crippen molar-refractivity contribution >= 4 is 16.9 Å². The molecule has 1 fully saturated rings. The lowest BCUT2D eigenvalue weighted by Gasteiger charge is -2.11. The lowest BCUT2D eigenvalue weighted by molar-refractivity contribution is -0.121. The van der Waals surface area contributed by atoms with E-state index >= 15 is 0 Å². The van der Waals surface area contributed by atoms with Gasteiger partial charge in [0.15, 0.2) is 0 Å². The van der Waals surface area contributed by atoms with E-state index in [1.807, 2.05) is 28.8 Å². The van der Waals surface area contributed by atoms with Crippen molar-refractivity contribution in [1.29, 1.82) is 0 Å². The number of rotatable bonds is 5. The highest BCUT2D eigenvalue weighted by Gasteiger charge is 2.16. The number of hydrogen-bond acceptors (Lipinski definition) is 3. The maximum Gasteiger partial charge on any atom is 0.221 e. The van der Waals surface area contributed by atoms with Gasteiger partial charge in [-0.3, -0.25) is 4.79 Å². The van der Waals surface area contributed by atoms with Gasteiger partial charge >= 0.3 is 0 Å². The van der Waals surface area contributed by atoms with Crippen LogP contribution in [0.3, 0.4) is 0 Å². The summed E-state index contributed by atoms with van der Waals surface area (Å²) in [7, 11) is 0. The van der Waals surface area contributed by atoms with Crippen LogP contribution < -0.4 is 5.32 Å². The molecule has 1 atom stereocenters. The molecule has 0 radical (unpaired) electrons. The minimum absolute atomic E-state index is 0.0679. The largest absolute Gasteiger partial charge is 0.376 e. The van der Waals surface area contributed by atoms with Crippen molar-refractivity contribution in [2.24, 2.45) is 0 Å². The summed E-state index contributed by atoms with van der Waals surface area (Å²) >= 11 is 0. The van der Waals surface area contributed by atoms with Gasteiger partial charge < -0.3 is 14.6 Å². The Labute approximate surface area is 117 Å². The minimum atomic E-state index is 0.0679. The van der Waals surface area contributed by atoms with Crippen molar-refractivity contribution in [2.75, 3.05) is 13.2 Å². The highest BCUT2D eigenvalue weighted by molar-refractivity contribution is 5.77. The number of nitrogens with one attached hydrogen (secondary N) is 1. The number of amides is 1. The maximum absolute atomic E-state index is 11.8. The second-order valence-electron chi connectivity index (χ2n) is 5.12. The van der Waals surface area contributed by atoms with E-state index < -0.39 is 0 Å². The third kappa shape index (κ3) is 2.99. The lowest BCUT2D eigenvalue weighted by Crippen LogP contribution is -2.32. The molecule has 1 unspecified atom stereocenters. The number of para-hydroxylation sites is 2. The van der Waals surface area contributed by atoms with Crippen LogP contribution in [0.15, 0.2) is 30.6 Å². The molecule has 1 aliphatic rings. The number of aromatic nitrogens is 2. The second-order valence-corrected chi connectivity index (χ2v) is 5.12. The summed E-state index contributed by atoms with van der Waals surface area (Å²) in [5.41, 5.74) is 2.03. The summed E-state index contributed by atoms with van der Waals surface area (Å²) in [6, 6.07) is 7.95. The first kappa shape index (κ1) is 13.1. The van der Waals surface area contributed by atoms with Crippen LogP contribution in [0.25, 0.3) is 11.0 Å². The Kier molecular flexibility index (Phi) is 3.97. The fourth-order valence-electron chi connectivity index (χ4n) is 2.53. The number of carbonyl (C=O) groups is 1. The fraction of sp³-hybridized carbons (Fsp3) is 0.467. The molecule has 0 aliphatic carbocycles. The number of imidazole rings is 1. The van der Waals surface area contributed by atoms with E-state index in [1.165, 1.54) is 0 Å². The molecule has 2 heterocycles. The molecule has 1 saturated heterocycles. The SMILES string of the molecule is O=C(CCn1cnc2ccccc21)NCC1CCCO1. The molecule has 5 heteroatoms. The van der Waals surface area contributed by atoms with Gasteiger partial charge in [0.05, 0.1) is 23.5 Å². The molecule has 5 nitrogen and oxygen atoms in total. The molecule has 0 spiro atoms. The Morgan fingerprint density at radius 1 is 1.45 bits per heavy atom. The van der Waals surface area contributed by atoms with E-state index in [1.54, 1.807) is 6.33 Å². The molecule has 106 valence electrons. The van der Waals surface area contributed by atoms with Crippen LogP contribution in [0.4, 0.5) is 0 Å². The summed E-state index contributed by atoms with van der Waals surface area (Å²) in [5.74, 6) is 0.0679. The maximum atomic E-state index is 11.8. The van der Waals surface area contributed by atoms with Crippen LogP contribution in [0, 0.1) is 0 Å². The number of hydrogen-bond donors (Lipinski definition) is 1. The first-order chi connectivity index (χ1) is 9.83. The Bertz CT molecular complexity index is 588. The van der Waals surface area contributed by atoms with E-state index in [9.17, 15) is 4.79 Å². The van der Waals surface area contributed by atoms with Gasteiger partial charge in [-0.15, -0.1) is 0 Å². The predicted octanol–water partition coefficient (Wildman–Crippen LogP) is 1.72. The summed E-state index contributed by atoms with van der Waals surface area (Å²) in [6.07, 6.45) is 4.60. The highest BCUT2D eigenvalue weighted by atomic mass is 16.5. The summed E-state index contributed by atoms with van der Waals surface area (Å²) in [6.45, 7) is 2.10. The number of fused-ring (bicyclic) bond motifs is 1.